The zero-order valence-corrected chi connectivity index (χ0v) is 15.6. The molecule has 0 saturated heterocycles. The first kappa shape index (κ1) is 19.8. The number of benzene rings is 3. The minimum atomic E-state index is -1.07. The average Bonchev–Trinajstić information content (AvgIpc) is 2.70. The normalized spacial score (nSPS) is 10.2. The topological polar surface area (TPSA) is 95.5 Å². The molecule has 0 radical (unpaired) electrons. The van der Waals surface area contributed by atoms with Crippen molar-refractivity contribution in [2.24, 2.45) is 0 Å². The van der Waals surface area contributed by atoms with Gasteiger partial charge < -0.3 is 15.7 Å². The van der Waals surface area contributed by atoms with E-state index in [4.69, 9.17) is 0 Å². The zero-order chi connectivity index (χ0) is 20.6. The van der Waals surface area contributed by atoms with Crippen molar-refractivity contribution in [3.05, 3.63) is 95.6 Å². The smallest absolute Gasteiger partial charge is 0.335 e. The Bertz CT molecular complexity index is 1010. The molecule has 0 aliphatic carbocycles. The summed E-state index contributed by atoms with van der Waals surface area (Å²) in [5.74, 6) is -1.51. The second-order valence-corrected chi connectivity index (χ2v) is 6.48. The molecule has 0 unspecified atom stereocenters. The fourth-order valence-electron chi connectivity index (χ4n) is 2.88. The number of hydrogen-bond acceptors (Lipinski definition) is 3. The van der Waals surface area contributed by atoms with E-state index in [0.717, 1.165) is 5.56 Å². The van der Waals surface area contributed by atoms with E-state index < -0.39 is 5.97 Å². The number of anilines is 2. The van der Waals surface area contributed by atoms with Crippen LogP contribution in [0.3, 0.4) is 0 Å². The van der Waals surface area contributed by atoms with Crippen LogP contribution in [0.2, 0.25) is 0 Å². The summed E-state index contributed by atoms with van der Waals surface area (Å²) in [6.45, 7) is 0. The number of carbonyl (C=O) groups is 3. The van der Waals surface area contributed by atoms with Crippen molar-refractivity contribution >= 4 is 29.2 Å². The molecular formula is C23H20N2O4. The Labute approximate surface area is 168 Å². The first-order valence-corrected chi connectivity index (χ1v) is 9.06. The highest BCUT2D eigenvalue weighted by molar-refractivity contribution is 5.96. The second-order valence-electron chi connectivity index (χ2n) is 6.48. The van der Waals surface area contributed by atoms with Gasteiger partial charge in [0.2, 0.25) is 11.8 Å². The standard InChI is InChI=1S/C23H20N2O4/c26-21(14-16-6-2-1-3-7-16)24-18-10-12-19(13-11-18)25-22(27)15-17-8-4-5-9-20(17)23(28)29/h1-13H,14-15H2,(H,24,26)(H,25,27)(H,28,29). The molecule has 2 amide bonds. The van der Waals surface area contributed by atoms with Gasteiger partial charge in [0, 0.05) is 11.4 Å². The molecule has 0 atom stereocenters. The van der Waals surface area contributed by atoms with Crippen molar-refractivity contribution in [2.75, 3.05) is 10.6 Å². The van der Waals surface area contributed by atoms with Crippen LogP contribution in [0, 0.1) is 0 Å². The van der Waals surface area contributed by atoms with Gasteiger partial charge in [0.1, 0.15) is 0 Å². The van der Waals surface area contributed by atoms with Gasteiger partial charge in [0.25, 0.3) is 0 Å². The lowest BCUT2D eigenvalue weighted by atomic mass is 10.0. The Hall–Kier alpha value is -3.93. The number of amides is 2. The molecule has 0 saturated carbocycles. The van der Waals surface area contributed by atoms with Gasteiger partial charge in [-0.05, 0) is 41.5 Å². The third-order valence-corrected chi connectivity index (χ3v) is 4.26. The Morgan fingerprint density at radius 3 is 1.76 bits per heavy atom. The minimum Gasteiger partial charge on any atom is -0.478 e. The summed E-state index contributed by atoms with van der Waals surface area (Å²) in [6.07, 6.45) is 0.236. The molecule has 6 heteroatoms. The molecule has 0 aliphatic heterocycles. The number of carboxylic acids is 1. The van der Waals surface area contributed by atoms with Crippen molar-refractivity contribution in [3.8, 4) is 0 Å². The largest absolute Gasteiger partial charge is 0.478 e. The minimum absolute atomic E-state index is 0.0436. The highest BCUT2D eigenvalue weighted by Gasteiger charge is 2.12. The number of aromatic carboxylic acids is 1. The molecular weight excluding hydrogens is 368 g/mol. The fourth-order valence-corrected chi connectivity index (χ4v) is 2.88. The quantitative estimate of drug-likeness (QED) is 0.574. The highest BCUT2D eigenvalue weighted by Crippen LogP contribution is 2.16. The van der Waals surface area contributed by atoms with Gasteiger partial charge in [-0.1, -0.05) is 48.5 Å². The van der Waals surface area contributed by atoms with Crippen LogP contribution in [0.25, 0.3) is 0 Å². The van der Waals surface area contributed by atoms with Crippen molar-refractivity contribution in [2.45, 2.75) is 12.8 Å². The molecule has 0 aliphatic rings. The predicted molar refractivity (Wildman–Crippen MR) is 111 cm³/mol. The van der Waals surface area contributed by atoms with Gasteiger partial charge in [-0.3, -0.25) is 9.59 Å². The van der Waals surface area contributed by atoms with Gasteiger partial charge in [-0.2, -0.15) is 0 Å². The van der Waals surface area contributed by atoms with Crippen molar-refractivity contribution in [1.82, 2.24) is 0 Å². The van der Waals surface area contributed by atoms with E-state index in [1.165, 1.54) is 6.07 Å². The maximum Gasteiger partial charge on any atom is 0.335 e. The van der Waals surface area contributed by atoms with E-state index in [-0.39, 0.29) is 30.2 Å². The van der Waals surface area contributed by atoms with Crippen molar-refractivity contribution < 1.29 is 19.5 Å². The monoisotopic (exact) mass is 388 g/mol. The Kier molecular flexibility index (Phi) is 6.37. The maximum atomic E-state index is 12.2. The van der Waals surface area contributed by atoms with Gasteiger partial charge in [-0.15, -0.1) is 0 Å². The maximum absolute atomic E-state index is 12.2. The van der Waals surface area contributed by atoms with Crippen LogP contribution in [-0.4, -0.2) is 22.9 Å². The molecule has 29 heavy (non-hydrogen) atoms. The lowest BCUT2D eigenvalue weighted by Gasteiger charge is -2.09. The number of hydrogen-bond donors (Lipinski definition) is 3. The summed E-state index contributed by atoms with van der Waals surface area (Å²) >= 11 is 0. The number of nitrogens with one attached hydrogen (secondary N) is 2. The summed E-state index contributed by atoms with van der Waals surface area (Å²) < 4.78 is 0. The summed E-state index contributed by atoms with van der Waals surface area (Å²) in [4.78, 5) is 35.6. The van der Waals surface area contributed by atoms with E-state index in [1.807, 2.05) is 30.3 Å². The van der Waals surface area contributed by atoms with E-state index in [1.54, 1.807) is 42.5 Å². The molecule has 3 aromatic rings. The van der Waals surface area contributed by atoms with Crippen LogP contribution in [0.4, 0.5) is 11.4 Å². The first-order chi connectivity index (χ1) is 14.0. The summed E-state index contributed by atoms with van der Waals surface area (Å²) in [7, 11) is 0. The van der Waals surface area contributed by atoms with Crippen LogP contribution in [0.5, 0.6) is 0 Å². The van der Waals surface area contributed by atoms with E-state index in [0.29, 0.717) is 16.9 Å². The van der Waals surface area contributed by atoms with E-state index >= 15 is 0 Å². The lowest BCUT2D eigenvalue weighted by molar-refractivity contribution is -0.116. The molecule has 3 N–H and O–H groups in total. The van der Waals surface area contributed by atoms with Crippen LogP contribution >= 0.6 is 0 Å². The molecule has 6 nitrogen and oxygen atoms in total. The Balaban J connectivity index is 1.56. The van der Waals surface area contributed by atoms with E-state index in [9.17, 15) is 19.5 Å². The average molecular weight is 388 g/mol. The summed E-state index contributed by atoms with van der Waals surface area (Å²) in [5.41, 5.74) is 2.67. The van der Waals surface area contributed by atoms with Crippen molar-refractivity contribution in [3.63, 3.8) is 0 Å². The third-order valence-electron chi connectivity index (χ3n) is 4.26. The predicted octanol–water partition coefficient (Wildman–Crippen LogP) is 3.75. The van der Waals surface area contributed by atoms with Gasteiger partial charge >= 0.3 is 5.97 Å². The molecule has 3 rings (SSSR count). The van der Waals surface area contributed by atoms with Crippen LogP contribution in [0.1, 0.15) is 21.5 Å². The molecule has 0 heterocycles. The van der Waals surface area contributed by atoms with Crippen molar-refractivity contribution in [1.29, 1.82) is 0 Å². The van der Waals surface area contributed by atoms with Gasteiger partial charge in [-0.25, -0.2) is 4.79 Å². The van der Waals surface area contributed by atoms with Gasteiger partial charge in [0.15, 0.2) is 0 Å². The Morgan fingerprint density at radius 2 is 1.17 bits per heavy atom. The number of carboxylic acid groups (broad SMARTS) is 1. The fraction of sp³-hybridized carbons (Fsp3) is 0.0870. The molecule has 0 spiro atoms. The SMILES string of the molecule is O=C(Cc1ccccc1)Nc1ccc(NC(=O)Cc2ccccc2C(=O)O)cc1. The second kappa shape index (κ2) is 9.32. The van der Waals surface area contributed by atoms with Gasteiger partial charge in [0.05, 0.1) is 18.4 Å². The van der Waals surface area contributed by atoms with Crippen LogP contribution in [-0.2, 0) is 22.4 Å². The van der Waals surface area contributed by atoms with Crippen LogP contribution < -0.4 is 10.6 Å². The highest BCUT2D eigenvalue weighted by atomic mass is 16.4. The van der Waals surface area contributed by atoms with E-state index in [2.05, 4.69) is 10.6 Å². The molecule has 0 aromatic heterocycles. The Morgan fingerprint density at radius 1 is 0.655 bits per heavy atom. The van der Waals surface area contributed by atoms with Crippen LogP contribution in [0.15, 0.2) is 78.9 Å². The third kappa shape index (κ3) is 5.77. The summed E-state index contributed by atoms with van der Waals surface area (Å²) in [5, 5.41) is 14.7. The molecule has 146 valence electrons. The molecule has 0 fully saturated rings. The summed E-state index contributed by atoms with van der Waals surface area (Å²) in [6, 6.07) is 22.6. The zero-order valence-electron chi connectivity index (χ0n) is 15.6. The lowest BCUT2D eigenvalue weighted by Crippen LogP contribution is -2.17. The number of carbonyl (C=O) groups excluding carboxylic acids is 2. The number of rotatable bonds is 7. The molecule has 3 aromatic carbocycles. The first-order valence-electron chi connectivity index (χ1n) is 9.06. The molecule has 0 bridgehead atoms.